The van der Waals surface area contributed by atoms with Crippen LogP contribution in [0.15, 0.2) is 52.4 Å². The Hall–Kier alpha value is -2.87. The highest BCUT2D eigenvalue weighted by Gasteiger charge is 2.26. The molecule has 3 aromatic heterocycles. The first-order chi connectivity index (χ1) is 12.3. The van der Waals surface area contributed by atoms with Gasteiger partial charge in [-0.25, -0.2) is 4.68 Å². The van der Waals surface area contributed by atoms with Crippen molar-refractivity contribution >= 4 is 0 Å². The minimum absolute atomic E-state index is 0.0981. The third kappa shape index (κ3) is 3.48. The molecule has 0 spiro atoms. The second-order valence-electron chi connectivity index (χ2n) is 6.09. The van der Waals surface area contributed by atoms with Gasteiger partial charge in [0.05, 0.1) is 18.8 Å². The third-order valence-electron chi connectivity index (χ3n) is 4.46. The molecular weight excluding hydrogens is 320 g/mol. The molecule has 1 aliphatic rings. The molecule has 0 saturated carbocycles. The van der Waals surface area contributed by atoms with Gasteiger partial charge in [-0.2, -0.15) is 10.1 Å². The van der Waals surface area contributed by atoms with E-state index in [0.717, 1.165) is 30.6 Å². The Morgan fingerprint density at radius 1 is 1.28 bits per heavy atom. The molecule has 0 bridgehead atoms. The van der Waals surface area contributed by atoms with Gasteiger partial charge in [0.25, 0.3) is 5.56 Å². The maximum absolute atomic E-state index is 12.2. The molecule has 8 heteroatoms. The number of hydrogen-bond acceptors (Lipinski definition) is 7. The summed E-state index contributed by atoms with van der Waals surface area (Å²) < 4.78 is 6.34. The van der Waals surface area contributed by atoms with Crippen molar-refractivity contribution in [2.45, 2.75) is 32.0 Å². The Labute approximate surface area is 144 Å². The van der Waals surface area contributed by atoms with E-state index in [2.05, 4.69) is 25.1 Å². The molecule has 1 unspecified atom stereocenters. The smallest absolute Gasteiger partial charge is 0.266 e. The van der Waals surface area contributed by atoms with Crippen molar-refractivity contribution in [1.82, 2.24) is 29.8 Å². The van der Waals surface area contributed by atoms with Crippen molar-refractivity contribution in [3.05, 3.63) is 59.2 Å². The Balaban J connectivity index is 1.54. The molecule has 1 fully saturated rings. The van der Waals surface area contributed by atoms with Crippen molar-refractivity contribution in [2.24, 2.45) is 0 Å². The van der Waals surface area contributed by atoms with Crippen molar-refractivity contribution in [3.8, 4) is 11.3 Å². The van der Waals surface area contributed by atoms with Crippen LogP contribution in [0, 0.1) is 0 Å². The Kier molecular flexibility index (Phi) is 4.34. The number of likely N-dealkylation sites (tertiary alicyclic amines) is 1. The van der Waals surface area contributed by atoms with E-state index in [9.17, 15) is 4.79 Å². The summed E-state index contributed by atoms with van der Waals surface area (Å²) in [5.74, 6) is 0.663. The lowest BCUT2D eigenvalue weighted by Crippen LogP contribution is -2.36. The summed E-state index contributed by atoms with van der Waals surface area (Å²) in [6.45, 7) is 2.12. The Bertz CT molecular complexity index is 878. The summed E-state index contributed by atoms with van der Waals surface area (Å²) in [6, 6.07) is 7.32. The van der Waals surface area contributed by atoms with E-state index in [4.69, 9.17) is 4.52 Å². The van der Waals surface area contributed by atoms with Gasteiger partial charge < -0.3 is 4.52 Å². The Morgan fingerprint density at radius 2 is 2.24 bits per heavy atom. The van der Waals surface area contributed by atoms with Crippen LogP contribution in [0.5, 0.6) is 0 Å². The maximum atomic E-state index is 12.2. The zero-order valence-corrected chi connectivity index (χ0v) is 13.7. The quantitative estimate of drug-likeness (QED) is 0.693. The van der Waals surface area contributed by atoms with Gasteiger partial charge in [-0.15, -0.1) is 0 Å². The zero-order valence-electron chi connectivity index (χ0n) is 13.7. The fourth-order valence-electron chi connectivity index (χ4n) is 3.20. The molecule has 3 aromatic rings. The fraction of sp³-hybridized carbons (Fsp3) is 0.353. The molecular formula is C17H18N6O2. The first-order valence-corrected chi connectivity index (χ1v) is 8.27. The van der Waals surface area contributed by atoms with E-state index in [-0.39, 0.29) is 11.6 Å². The van der Waals surface area contributed by atoms with Crippen LogP contribution < -0.4 is 5.56 Å². The molecule has 128 valence electrons. The predicted octanol–water partition coefficient (Wildman–Crippen LogP) is 1.35. The molecule has 4 rings (SSSR count). The Morgan fingerprint density at radius 3 is 3.04 bits per heavy atom. The van der Waals surface area contributed by atoms with Crippen LogP contribution in [-0.4, -0.2) is 42.4 Å². The lowest BCUT2D eigenvalue weighted by molar-refractivity contribution is 0.209. The molecule has 1 aliphatic heterocycles. The minimum atomic E-state index is -0.0981. The van der Waals surface area contributed by atoms with Crippen LogP contribution >= 0.6 is 0 Å². The largest absolute Gasteiger partial charge is 0.343 e. The predicted molar refractivity (Wildman–Crippen MR) is 89.5 cm³/mol. The molecule has 1 saturated heterocycles. The normalized spacial score (nSPS) is 17.8. The van der Waals surface area contributed by atoms with E-state index < -0.39 is 0 Å². The van der Waals surface area contributed by atoms with E-state index in [1.165, 1.54) is 6.39 Å². The van der Waals surface area contributed by atoms with Crippen molar-refractivity contribution < 1.29 is 4.52 Å². The topological polar surface area (TPSA) is 89.9 Å². The minimum Gasteiger partial charge on any atom is -0.343 e. The van der Waals surface area contributed by atoms with Gasteiger partial charge in [0.1, 0.15) is 0 Å². The van der Waals surface area contributed by atoms with E-state index in [1.807, 2.05) is 12.1 Å². The van der Waals surface area contributed by atoms with Gasteiger partial charge >= 0.3 is 0 Å². The molecule has 4 heterocycles. The first-order valence-electron chi connectivity index (χ1n) is 8.27. The highest BCUT2D eigenvalue weighted by atomic mass is 16.5. The molecule has 1 atom stereocenters. The van der Waals surface area contributed by atoms with Gasteiger partial charge in [-0.1, -0.05) is 5.16 Å². The molecule has 0 amide bonds. The summed E-state index contributed by atoms with van der Waals surface area (Å²) in [6.07, 6.45) is 6.90. The SMILES string of the molecule is O=c1ccc(-c2cccnc2)nn1CC1CCCN1Cc1ncon1. The van der Waals surface area contributed by atoms with Crippen molar-refractivity contribution in [2.75, 3.05) is 6.54 Å². The monoisotopic (exact) mass is 338 g/mol. The molecule has 0 aromatic carbocycles. The average molecular weight is 338 g/mol. The van der Waals surface area contributed by atoms with Crippen LogP contribution in [0.25, 0.3) is 11.3 Å². The summed E-state index contributed by atoms with van der Waals surface area (Å²) >= 11 is 0. The molecule has 8 nitrogen and oxygen atoms in total. The summed E-state index contributed by atoms with van der Waals surface area (Å²) in [5.41, 5.74) is 1.54. The van der Waals surface area contributed by atoms with Crippen LogP contribution in [0.1, 0.15) is 18.7 Å². The number of rotatable bonds is 5. The summed E-state index contributed by atoms with van der Waals surface area (Å²) in [4.78, 5) is 22.7. The lowest BCUT2D eigenvalue weighted by Gasteiger charge is -2.23. The van der Waals surface area contributed by atoms with E-state index in [1.54, 1.807) is 29.2 Å². The van der Waals surface area contributed by atoms with Gasteiger partial charge in [0.15, 0.2) is 5.82 Å². The summed E-state index contributed by atoms with van der Waals surface area (Å²) in [7, 11) is 0. The standard InChI is InChI=1S/C17H18N6O2/c24-17-6-5-15(13-3-1-7-18-9-13)20-23(17)10-14-4-2-8-22(14)11-16-19-12-25-21-16/h1,3,5-7,9,12,14H,2,4,8,10-11H2. The van der Waals surface area contributed by atoms with E-state index in [0.29, 0.717) is 18.9 Å². The van der Waals surface area contributed by atoms with Crippen molar-refractivity contribution in [3.63, 3.8) is 0 Å². The summed E-state index contributed by atoms with van der Waals surface area (Å²) in [5, 5.41) is 8.40. The highest BCUT2D eigenvalue weighted by Crippen LogP contribution is 2.20. The second-order valence-corrected chi connectivity index (χ2v) is 6.09. The fourth-order valence-corrected chi connectivity index (χ4v) is 3.20. The van der Waals surface area contributed by atoms with Crippen LogP contribution in [0.3, 0.4) is 0 Å². The number of hydrogen-bond donors (Lipinski definition) is 0. The second kappa shape index (κ2) is 6.94. The molecule has 25 heavy (non-hydrogen) atoms. The van der Waals surface area contributed by atoms with Crippen LogP contribution in [0.4, 0.5) is 0 Å². The molecule has 0 aliphatic carbocycles. The lowest BCUT2D eigenvalue weighted by atomic mass is 10.2. The average Bonchev–Trinajstić information content (AvgIpc) is 3.31. The third-order valence-corrected chi connectivity index (χ3v) is 4.46. The van der Waals surface area contributed by atoms with Gasteiger partial charge in [0, 0.05) is 30.1 Å². The maximum Gasteiger partial charge on any atom is 0.266 e. The highest BCUT2D eigenvalue weighted by molar-refractivity contribution is 5.56. The zero-order chi connectivity index (χ0) is 17.1. The van der Waals surface area contributed by atoms with Crippen molar-refractivity contribution in [1.29, 1.82) is 0 Å². The van der Waals surface area contributed by atoms with E-state index >= 15 is 0 Å². The molecule has 0 N–H and O–H groups in total. The van der Waals surface area contributed by atoms with Crippen LogP contribution in [-0.2, 0) is 13.1 Å². The van der Waals surface area contributed by atoms with Gasteiger partial charge in [-0.05, 0) is 37.6 Å². The molecule has 0 radical (unpaired) electrons. The first kappa shape index (κ1) is 15.6. The number of pyridine rings is 1. The van der Waals surface area contributed by atoms with Gasteiger partial charge in [0.2, 0.25) is 6.39 Å². The van der Waals surface area contributed by atoms with Crippen LogP contribution in [0.2, 0.25) is 0 Å². The van der Waals surface area contributed by atoms with Gasteiger partial charge in [-0.3, -0.25) is 14.7 Å². The number of aromatic nitrogens is 5. The number of nitrogens with zero attached hydrogens (tertiary/aromatic N) is 6.